The molecular weight excluding hydrogens is 385 g/mol. The maximum atomic E-state index is 12.2. The first-order chi connectivity index (χ1) is 13.0. The number of carbonyl (C=O) groups is 2. The van der Waals surface area contributed by atoms with Gasteiger partial charge >= 0.3 is 5.97 Å². The second-order valence-electron chi connectivity index (χ2n) is 6.03. The highest BCUT2D eigenvalue weighted by atomic mass is 35.5. The minimum absolute atomic E-state index is 0.0516. The van der Waals surface area contributed by atoms with Crippen molar-refractivity contribution in [3.63, 3.8) is 0 Å². The third-order valence-corrected chi connectivity index (χ3v) is 4.80. The van der Waals surface area contributed by atoms with Gasteiger partial charge in [-0.1, -0.05) is 71.7 Å². The fraction of sp³-hybridized carbons (Fsp3) is 0.143. The topological polar surface area (TPSA) is 55.4 Å². The predicted octanol–water partition coefficient (Wildman–Crippen LogP) is 5.18. The zero-order valence-corrected chi connectivity index (χ0v) is 16.1. The van der Waals surface area contributed by atoms with Gasteiger partial charge in [-0.2, -0.15) is 0 Å². The van der Waals surface area contributed by atoms with E-state index in [1.807, 2.05) is 49.4 Å². The van der Waals surface area contributed by atoms with E-state index in [0.717, 1.165) is 16.3 Å². The SMILES string of the molecule is C[C@@H](NC(=O)COC(=O)c1c(Cl)cccc1Cl)c1cccc2ccccc12. The maximum absolute atomic E-state index is 12.2. The Morgan fingerprint density at radius 3 is 2.33 bits per heavy atom. The Kier molecular flexibility index (Phi) is 5.99. The van der Waals surface area contributed by atoms with Crippen LogP contribution in [0.25, 0.3) is 10.8 Å². The molecule has 0 aromatic heterocycles. The van der Waals surface area contributed by atoms with Crippen molar-refractivity contribution in [2.24, 2.45) is 0 Å². The van der Waals surface area contributed by atoms with Crippen LogP contribution in [0.1, 0.15) is 28.9 Å². The first-order valence-electron chi connectivity index (χ1n) is 8.35. The minimum atomic E-state index is -0.737. The molecule has 3 aromatic rings. The largest absolute Gasteiger partial charge is 0.452 e. The lowest BCUT2D eigenvalue weighted by atomic mass is 10.00. The lowest BCUT2D eigenvalue weighted by Crippen LogP contribution is -2.31. The molecule has 1 N–H and O–H groups in total. The van der Waals surface area contributed by atoms with E-state index >= 15 is 0 Å². The maximum Gasteiger partial charge on any atom is 0.341 e. The van der Waals surface area contributed by atoms with Crippen molar-refractivity contribution in [3.8, 4) is 0 Å². The molecule has 1 amide bonds. The van der Waals surface area contributed by atoms with Gasteiger partial charge in [-0.05, 0) is 35.4 Å². The molecule has 0 unspecified atom stereocenters. The van der Waals surface area contributed by atoms with Crippen LogP contribution in [0.15, 0.2) is 60.7 Å². The molecule has 0 aliphatic heterocycles. The first kappa shape index (κ1) is 19.2. The van der Waals surface area contributed by atoms with Gasteiger partial charge in [0.25, 0.3) is 5.91 Å². The summed E-state index contributed by atoms with van der Waals surface area (Å²) >= 11 is 11.9. The van der Waals surface area contributed by atoms with E-state index in [0.29, 0.717) is 0 Å². The van der Waals surface area contributed by atoms with Crippen LogP contribution < -0.4 is 5.32 Å². The summed E-state index contributed by atoms with van der Waals surface area (Å²) in [7, 11) is 0. The molecule has 0 saturated heterocycles. The molecule has 4 nitrogen and oxygen atoms in total. The smallest absolute Gasteiger partial charge is 0.341 e. The molecule has 27 heavy (non-hydrogen) atoms. The van der Waals surface area contributed by atoms with E-state index < -0.39 is 18.5 Å². The van der Waals surface area contributed by atoms with Crippen LogP contribution in [0, 0.1) is 0 Å². The Bertz CT molecular complexity index is 978. The van der Waals surface area contributed by atoms with E-state index in [-0.39, 0.29) is 21.7 Å². The lowest BCUT2D eigenvalue weighted by molar-refractivity contribution is -0.124. The Morgan fingerprint density at radius 2 is 1.59 bits per heavy atom. The summed E-state index contributed by atoms with van der Waals surface area (Å²) < 4.78 is 5.06. The fourth-order valence-corrected chi connectivity index (χ4v) is 3.44. The summed E-state index contributed by atoms with van der Waals surface area (Å²) in [6, 6.07) is 18.3. The van der Waals surface area contributed by atoms with Crippen LogP contribution in [0.2, 0.25) is 10.0 Å². The summed E-state index contributed by atoms with van der Waals surface area (Å²) in [5, 5.41) is 5.35. The molecule has 0 aliphatic rings. The Hall–Kier alpha value is -2.56. The summed E-state index contributed by atoms with van der Waals surface area (Å²) in [5.41, 5.74) is 1.04. The molecule has 0 radical (unpaired) electrons. The molecule has 1 atom stereocenters. The van der Waals surface area contributed by atoms with Crippen molar-refractivity contribution in [2.75, 3.05) is 6.61 Å². The summed E-state index contributed by atoms with van der Waals surface area (Å²) in [6.45, 7) is 1.46. The second-order valence-corrected chi connectivity index (χ2v) is 6.84. The molecule has 3 aromatic carbocycles. The van der Waals surface area contributed by atoms with E-state index in [4.69, 9.17) is 27.9 Å². The van der Waals surface area contributed by atoms with Crippen LogP contribution in [0.4, 0.5) is 0 Å². The number of fused-ring (bicyclic) bond motifs is 1. The Balaban J connectivity index is 1.64. The van der Waals surface area contributed by atoms with Gasteiger partial charge in [-0.3, -0.25) is 4.79 Å². The molecule has 0 aliphatic carbocycles. The zero-order valence-electron chi connectivity index (χ0n) is 14.5. The summed E-state index contributed by atoms with van der Waals surface area (Å²) in [6.07, 6.45) is 0. The van der Waals surface area contributed by atoms with Crippen molar-refractivity contribution < 1.29 is 14.3 Å². The van der Waals surface area contributed by atoms with E-state index in [2.05, 4.69) is 5.32 Å². The second kappa shape index (κ2) is 8.42. The van der Waals surface area contributed by atoms with Crippen molar-refractivity contribution in [1.82, 2.24) is 5.32 Å². The van der Waals surface area contributed by atoms with Gasteiger partial charge in [0.05, 0.1) is 21.7 Å². The van der Waals surface area contributed by atoms with Gasteiger partial charge in [-0.15, -0.1) is 0 Å². The van der Waals surface area contributed by atoms with Gasteiger partial charge < -0.3 is 10.1 Å². The quantitative estimate of drug-likeness (QED) is 0.599. The lowest BCUT2D eigenvalue weighted by Gasteiger charge is -2.17. The highest BCUT2D eigenvalue weighted by molar-refractivity contribution is 6.39. The molecule has 0 fully saturated rings. The summed E-state index contributed by atoms with van der Waals surface area (Å²) in [4.78, 5) is 24.4. The average Bonchev–Trinajstić information content (AvgIpc) is 2.65. The molecule has 138 valence electrons. The summed E-state index contributed by atoms with van der Waals surface area (Å²) in [5.74, 6) is -1.15. The molecule has 0 saturated carbocycles. The third-order valence-electron chi connectivity index (χ3n) is 4.17. The van der Waals surface area contributed by atoms with Crippen LogP contribution in [0.3, 0.4) is 0 Å². The van der Waals surface area contributed by atoms with Crippen LogP contribution >= 0.6 is 23.2 Å². The Labute approximate surface area is 167 Å². The molecule has 3 rings (SSSR count). The van der Waals surface area contributed by atoms with E-state index in [1.54, 1.807) is 6.07 Å². The number of hydrogen-bond acceptors (Lipinski definition) is 3. The van der Waals surface area contributed by atoms with Crippen LogP contribution in [-0.4, -0.2) is 18.5 Å². The van der Waals surface area contributed by atoms with Gasteiger partial charge in [0, 0.05) is 0 Å². The van der Waals surface area contributed by atoms with E-state index in [9.17, 15) is 9.59 Å². The number of ether oxygens (including phenoxy) is 1. The van der Waals surface area contributed by atoms with Gasteiger partial charge in [0.15, 0.2) is 6.61 Å². The number of halogens is 2. The predicted molar refractivity (Wildman–Crippen MR) is 107 cm³/mol. The van der Waals surface area contributed by atoms with Gasteiger partial charge in [0.1, 0.15) is 0 Å². The van der Waals surface area contributed by atoms with Gasteiger partial charge in [-0.25, -0.2) is 4.79 Å². The number of nitrogens with one attached hydrogen (secondary N) is 1. The molecule has 0 spiro atoms. The van der Waals surface area contributed by atoms with Crippen molar-refractivity contribution in [2.45, 2.75) is 13.0 Å². The number of hydrogen-bond donors (Lipinski definition) is 1. The monoisotopic (exact) mass is 401 g/mol. The van der Waals surface area contributed by atoms with E-state index in [1.165, 1.54) is 12.1 Å². The van der Waals surface area contributed by atoms with Crippen molar-refractivity contribution in [1.29, 1.82) is 0 Å². The van der Waals surface area contributed by atoms with Gasteiger partial charge in [0.2, 0.25) is 0 Å². The van der Waals surface area contributed by atoms with Crippen molar-refractivity contribution in [3.05, 3.63) is 81.8 Å². The van der Waals surface area contributed by atoms with Crippen LogP contribution in [0.5, 0.6) is 0 Å². The minimum Gasteiger partial charge on any atom is -0.452 e. The molecule has 6 heteroatoms. The Morgan fingerprint density at radius 1 is 0.963 bits per heavy atom. The number of amides is 1. The first-order valence-corrected chi connectivity index (χ1v) is 9.11. The molecule has 0 heterocycles. The highest BCUT2D eigenvalue weighted by Crippen LogP contribution is 2.25. The van der Waals surface area contributed by atoms with Crippen LogP contribution in [-0.2, 0) is 9.53 Å². The number of esters is 1. The van der Waals surface area contributed by atoms with Crippen molar-refractivity contribution >= 4 is 45.9 Å². The number of benzene rings is 3. The fourth-order valence-electron chi connectivity index (χ4n) is 2.89. The standard InChI is InChI=1S/C21H17Cl2NO3/c1-13(15-9-4-7-14-6-2-3-8-16(14)15)24-19(25)12-27-21(26)20-17(22)10-5-11-18(20)23/h2-11,13H,12H2,1H3,(H,24,25)/t13-/m1/s1. The third kappa shape index (κ3) is 4.41. The average molecular weight is 402 g/mol. The zero-order chi connectivity index (χ0) is 19.4. The molecule has 0 bridgehead atoms. The number of carbonyl (C=O) groups excluding carboxylic acids is 2. The normalized spacial score (nSPS) is 11.8. The number of rotatable bonds is 5. The highest BCUT2D eigenvalue weighted by Gasteiger charge is 2.18. The molecular formula is C21H17Cl2NO3.